The standard InChI is InChI=1S/C29H50/c1-3-5-6-9-26-16-20-28(21-17-26)29-22-18-27(19-23-29)11-8-7-10-25-14-12-24(4-2)13-15-25/h4,8,11,24-29H,2-3,5-7,9-10,12-23H2,1H3/b11-8+/t24-,25-,26-,27?,28-,29?. The van der Waals surface area contributed by atoms with Gasteiger partial charge in [0.05, 0.1) is 0 Å². The minimum absolute atomic E-state index is 0.813. The van der Waals surface area contributed by atoms with Crippen LogP contribution in [0.15, 0.2) is 24.8 Å². The predicted molar refractivity (Wildman–Crippen MR) is 129 cm³/mol. The van der Waals surface area contributed by atoms with Gasteiger partial charge in [-0.25, -0.2) is 0 Å². The van der Waals surface area contributed by atoms with E-state index >= 15 is 0 Å². The van der Waals surface area contributed by atoms with Gasteiger partial charge in [0.25, 0.3) is 0 Å². The molecule has 3 rings (SSSR count). The van der Waals surface area contributed by atoms with Crippen molar-refractivity contribution in [3.05, 3.63) is 24.8 Å². The van der Waals surface area contributed by atoms with Crippen LogP contribution in [-0.4, -0.2) is 0 Å². The molecule has 0 heterocycles. The van der Waals surface area contributed by atoms with Crippen LogP contribution < -0.4 is 0 Å². The Bertz CT molecular complexity index is 450. The van der Waals surface area contributed by atoms with Crippen molar-refractivity contribution in [2.24, 2.45) is 35.5 Å². The maximum atomic E-state index is 3.98. The van der Waals surface area contributed by atoms with E-state index in [4.69, 9.17) is 0 Å². The van der Waals surface area contributed by atoms with Crippen molar-refractivity contribution in [3.63, 3.8) is 0 Å². The van der Waals surface area contributed by atoms with E-state index in [-0.39, 0.29) is 0 Å². The molecule has 0 aromatic heterocycles. The Labute approximate surface area is 183 Å². The Morgan fingerprint density at radius 2 is 1.21 bits per heavy atom. The zero-order chi connectivity index (χ0) is 20.3. The van der Waals surface area contributed by atoms with E-state index in [0.717, 1.165) is 35.5 Å². The minimum atomic E-state index is 0.813. The highest BCUT2D eigenvalue weighted by Gasteiger charge is 2.30. The molecule has 0 aliphatic heterocycles. The molecule has 3 fully saturated rings. The molecule has 0 bridgehead atoms. The maximum absolute atomic E-state index is 3.98. The van der Waals surface area contributed by atoms with Gasteiger partial charge >= 0.3 is 0 Å². The quantitative estimate of drug-likeness (QED) is 0.254. The topological polar surface area (TPSA) is 0 Å². The highest BCUT2D eigenvalue weighted by molar-refractivity contribution is 4.93. The van der Waals surface area contributed by atoms with Gasteiger partial charge in [0, 0.05) is 0 Å². The van der Waals surface area contributed by atoms with Crippen molar-refractivity contribution in [3.8, 4) is 0 Å². The summed E-state index contributed by atoms with van der Waals surface area (Å²) in [6.07, 6.45) is 33.8. The van der Waals surface area contributed by atoms with Crippen LogP contribution >= 0.6 is 0 Å². The van der Waals surface area contributed by atoms with Crippen LogP contribution in [0.3, 0.4) is 0 Å². The van der Waals surface area contributed by atoms with E-state index in [2.05, 4.69) is 31.7 Å². The smallest absolute Gasteiger partial charge is 0.0233 e. The normalized spacial score (nSPS) is 36.3. The predicted octanol–water partition coefficient (Wildman–Crippen LogP) is 9.51. The first-order valence-corrected chi connectivity index (χ1v) is 13.6. The fourth-order valence-electron chi connectivity index (χ4n) is 6.77. The van der Waals surface area contributed by atoms with E-state index in [1.807, 2.05) is 0 Å². The fourth-order valence-corrected chi connectivity index (χ4v) is 6.77. The van der Waals surface area contributed by atoms with Crippen molar-refractivity contribution in [2.75, 3.05) is 0 Å². The summed E-state index contributed by atoms with van der Waals surface area (Å²) in [5, 5.41) is 0. The van der Waals surface area contributed by atoms with Crippen LogP contribution in [0.1, 0.15) is 122 Å². The lowest BCUT2D eigenvalue weighted by atomic mass is 9.68. The minimum Gasteiger partial charge on any atom is -0.103 e. The van der Waals surface area contributed by atoms with Crippen molar-refractivity contribution in [2.45, 2.75) is 122 Å². The average molecular weight is 399 g/mol. The molecule has 0 saturated heterocycles. The molecule has 0 aromatic rings. The molecule has 0 aromatic carbocycles. The van der Waals surface area contributed by atoms with Gasteiger partial charge in [-0.05, 0) is 113 Å². The molecule has 3 saturated carbocycles. The summed E-state index contributed by atoms with van der Waals surface area (Å²) in [4.78, 5) is 0. The lowest BCUT2D eigenvalue weighted by molar-refractivity contribution is 0.151. The van der Waals surface area contributed by atoms with Crippen molar-refractivity contribution < 1.29 is 0 Å². The molecule has 29 heavy (non-hydrogen) atoms. The molecule has 0 radical (unpaired) electrons. The first kappa shape index (κ1) is 23.1. The lowest BCUT2D eigenvalue weighted by Gasteiger charge is -2.37. The van der Waals surface area contributed by atoms with E-state index in [0.29, 0.717) is 0 Å². The molecule has 0 atom stereocenters. The summed E-state index contributed by atoms with van der Waals surface area (Å²) in [5.74, 6) is 5.91. The van der Waals surface area contributed by atoms with Gasteiger partial charge in [-0.2, -0.15) is 0 Å². The van der Waals surface area contributed by atoms with Crippen molar-refractivity contribution in [1.82, 2.24) is 0 Å². The first-order valence-electron chi connectivity index (χ1n) is 13.6. The molecule has 0 N–H and O–H groups in total. The zero-order valence-electron chi connectivity index (χ0n) is 19.6. The number of rotatable bonds is 10. The molecule has 0 unspecified atom stereocenters. The highest BCUT2D eigenvalue weighted by atomic mass is 14.4. The Kier molecular flexibility index (Phi) is 10.4. The van der Waals surface area contributed by atoms with E-state index in [1.165, 1.54) is 89.9 Å². The van der Waals surface area contributed by atoms with Crippen molar-refractivity contribution in [1.29, 1.82) is 0 Å². The Morgan fingerprint density at radius 3 is 1.83 bits per heavy atom. The third kappa shape index (κ3) is 7.91. The molecule has 3 aliphatic carbocycles. The van der Waals surface area contributed by atoms with Gasteiger partial charge in [0.2, 0.25) is 0 Å². The molecular formula is C29H50. The molecule has 0 spiro atoms. The number of hydrogen-bond acceptors (Lipinski definition) is 0. The SMILES string of the molecule is C=C[C@H]1CC[C@H](CC/C=C/C2CCC([C@H]3CC[C@H](CCCCC)CC3)CC2)CC1. The molecule has 0 heteroatoms. The molecular weight excluding hydrogens is 348 g/mol. The summed E-state index contributed by atoms with van der Waals surface area (Å²) in [5.41, 5.74) is 0. The summed E-state index contributed by atoms with van der Waals surface area (Å²) in [7, 11) is 0. The number of unbranched alkanes of at least 4 members (excludes halogenated alkanes) is 2. The molecule has 0 nitrogen and oxygen atoms in total. The Morgan fingerprint density at radius 1 is 0.655 bits per heavy atom. The van der Waals surface area contributed by atoms with Crippen LogP contribution in [0.4, 0.5) is 0 Å². The monoisotopic (exact) mass is 398 g/mol. The second-order valence-corrected chi connectivity index (χ2v) is 11.0. The summed E-state index contributed by atoms with van der Waals surface area (Å²) in [6, 6.07) is 0. The maximum Gasteiger partial charge on any atom is -0.0233 e. The summed E-state index contributed by atoms with van der Waals surface area (Å²) < 4.78 is 0. The number of hydrogen-bond donors (Lipinski definition) is 0. The van der Waals surface area contributed by atoms with Gasteiger partial charge in [0.15, 0.2) is 0 Å². The van der Waals surface area contributed by atoms with E-state index in [9.17, 15) is 0 Å². The molecule has 0 amide bonds. The molecule has 166 valence electrons. The van der Waals surface area contributed by atoms with Gasteiger partial charge in [0.1, 0.15) is 0 Å². The highest BCUT2D eigenvalue weighted by Crippen LogP contribution is 2.42. The fraction of sp³-hybridized carbons (Fsp3) is 0.862. The van der Waals surface area contributed by atoms with E-state index in [1.54, 1.807) is 25.7 Å². The van der Waals surface area contributed by atoms with Gasteiger partial charge in [-0.1, -0.05) is 63.7 Å². The third-order valence-corrected chi connectivity index (χ3v) is 8.97. The lowest BCUT2D eigenvalue weighted by Crippen LogP contribution is -2.25. The van der Waals surface area contributed by atoms with Crippen LogP contribution in [0, 0.1) is 35.5 Å². The van der Waals surface area contributed by atoms with Crippen LogP contribution in [0.25, 0.3) is 0 Å². The first-order chi connectivity index (χ1) is 14.3. The molecule has 3 aliphatic rings. The second-order valence-electron chi connectivity index (χ2n) is 11.0. The van der Waals surface area contributed by atoms with Gasteiger partial charge in [-0.15, -0.1) is 6.58 Å². The number of allylic oxidation sites excluding steroid dienone is 3. The van der Waals surface area contributed by atoms with Crippen molar-refractivity contribution >= 4 is 0 Å². The van der Waals surface area contributed by atoms with Crippen LogP contribution in [0.2, 0.25) is 0 Å². The van der Waals surface area contributed by atoms with Gasteiger partial charge in [-0.3, -0.25) is 0 Å². The second kappa shape index (κ2) is 13.0. The van der Waals surface area contributed by atoms with Crippen LogP contribution in [-0.2, 0) is 0 Å². The summed E-state index contributed by atoms with van der Waals surface area (Å²) >= 11 is 0. The zero-order valence-corrected chi connectivity index (χ0v) is 19.6. The van der Waals surface area contributed by atoms with Crippen LogP contribution in [0.5, 0.6) is 0 Å². The van der Waals surface area contributed by atoms with E-state index < -0.39 is 0 Å². The Hall–Kier alpha value is -0.520. The summed E-state index contributed by atoms with van der Waals surface area (Å²) in [6.45, 7) is 6.31. The van der Waals surface area contributed by atoms with Gasteiger partial charge < -0.3 is 0 Å². The Balaban J connectivity index is 1.25. The largest absolute Gasteiger partial charge is 0.103 e. The third-order valence-electron chi connectivity index (χ3n) is 8.97. The average Bonchev–Trinajstić information content (AvgIpc) is 2.78.